The fraction of sp³-hybridized carbons (Fsp3) is 0.929. The summed E-state index contributed by atoms with van der Waals surface area (Å²) in [5.74, 6) is 0.654. The van der Waals surface area contributed by atoms with E-state index in [1.54, 1.807) is 0 Å². The van der Waals surface area contributed by atoms with Crippen LogP contribution in [0.2, 0.25) is 0 Å². The zero-order valence-corrected chi connectivity index (χ0v) is 11.8. The molecule has 0 aromatic carbocycles. The molecule has 18 heavy (non-hydrogen) atoms. The Labute approximate surface area is 110 Å². The zero-order valence-electron chi connectivity index (χ0n) is 11.8. The number of nitrogens with zero attached hydrogens (tertiary/aromatic N) is 1. The van der Waals surface area contributed by atoms with Gasteiger partial charge in [0, 0.05) is 19.6 Å². The number of likely N-dealkylation sites (tertiary alicyclic amines) is 1. The van der Waals surface area contributed by atoms with Crippen LogP contribution in [0.5, 0.6) is 0 Å². The quantitative estimate of drug-likeness (QED) is 0.763. The Hall–Kier alpha value is -0.610. The second-order valence-corrected chi connectivity index (χ2v) is 6.04. The van der Waals surface area contributed by atoms with Crippen LogP contribution in [0.1, 0.15) is 33.1 Å². The number of nitrogens with one attached hydrogen (secondary N) is 2. The molecular formula is C14H27N3O. The third-order valence-electron chi connectivity index (χ3n) is 4.66. The first-order chi connectivity index (χ1) is 8.65. The second kappa shape index (κ2) is 6.02. The van der Waals surface area contributed by atoms with E-state index in [1.807, 2.05) is 0 Å². The van der Waals surface area contributed by atoms with Gasteiger partial charge in [0.2, 0.25) is 5.91 Å². The molecule has 1 atom stereocenters. The van der Waals surface area contributed by atoms with Crippen molar-refractivity contribution in [2.24, 2.45) is 11.3 Å². The van der Waals surface area contributed by atoms with Crippen LogP contribution in [-0.2, 0) is 4.79 Å². The summed E-state index contributed by atoms with van der Waals surface area (Å²) in [6.45, 7) is 10.3. The van der Waals surface area contributed by atoms with Gasteiger partial charge in [0.25, 0.3) is 0 Å². The molecule has 0 spiro atoms. The monoisotopic (exact) mass is 253 g/mol. The van der Waals surface area contributed by atoms with Crippen molar-refractivity contribution < 1.29 is 4.79 Å². The van der Waals surface area contributed by atoms with Gasteiger partial charge in [0.15, 0.2) is 0 Å². The van der Waals surface area contributed by atoms with Gasteiger partial charge in [-0.3, -0.25) is 4.79 Å². The highest BCUT2D eigenvalue weighted by Crippen LogP contribution is 2.34. The summed E-state index contributed by atoms with van der Waals surface area (Å²) in [6.07, 6.45) is 3.60. The zero-order chi connectivity index (χ0) is 13.0. The van der Waals surface area contributed by atoms with Crippen molar-refractivity contribution in [3.8, 4) is 0 Å². The van der Waals surface area contributed by atoms with Crippen molar-refractivity contribution in [3.05, 3.63) is 0 Å². The molecule has 2 N–H and O–H groups in total. The number of carbonyl (C=O) groups is 1. The van der Waals surface area contributed by atoms with Gasteiger partial charge < -0.3 is 15.5 Å². The Kier molecular flexibility index (Phi) is 4.62. The molecule has 0 saturated carbocycles. The summed E-state index contributed by atoms with van der Waals surface area (Å²) in [6, 6.07) is 0. The molecule has 0 aromatic rings. The number of carbonyl (C=O) groups excluding carboxylic acids is 1. The third kappa shape index (κ3) is 2.86. The first kappa shape index (κ1) is 13.8. The van der Waals surface area contributed by atoms with Gasteiger partial charge in [0.1, 0.15) is 0 Å². The van der Waals surface area contributed by atoms with E-state index in [1.165, 1.54) is 25.9 Å². The molecule has 2 aliphatic heterocycles. The largest absolute Gasteiger partial charge is 0.354 e. The third-order valence-corrected chi connectivity index (χ3v) is 4.66. The van der Waals surface area contributed by atoms with E-state index >= 15 is 0 Å². The Morgan fingerprint density at radius 2 is 2.11 bits per heavy atom. The molecule has 2 rings (SSSR count). The maximum Gasteiger partial charge on any atom is 0.227 e. The first-order valence-electron chi connectivity index (χ1n) is 7.36. The molecule has 0 bridgehead atoms. The minimum absolute atomic E-state index is 0.176. The van der Waals surface area contributed by atoms with Crippen molar-refractivity contribution in [1.29, 1.82) is 0 Å². The van der Waals surface area contributed by atoms with Gasteiger partial charge in [-0.25, -0.2) is 0 Å². The van der Waals surface area contributed by atoms with E-state index in [0.29, 0.717) is 5.92 Å². The van der Waals surface area contributed by atoms with Crippen LogP contribution in [0.15, 0.2) is 0 Å². The number of rotatable bonds is 5. The Bertz CT molecular complexity index is 279. The molecule has 104 valence electrons. The maximum atomic E-state index is 12.4. The summed E-state index contributed by atoms with van der Waals surface area (Å²) in [4.78, 5) is 14.9. The maximum absolute atomic E-state index is 12.4. The van der Waals surface area contributed by atoms with Gasteiger partial charge in [-0.05, 0) is 44.8 Å². The predicted molar refractivity (Wildman–Crippen MR) is 73.4 cm³/mol. The Morgan fingerprint density at radius 3 is 2.67 bits per heavy atom. The average molecular weight is 253 g/mol. The lowest BCUT2D eigenvalue weighted by atomic mass is 9.75. The molecule has 4 nitrogen and oxygen atoms in total. The highest BCUT2D eigenvalue weighted by Gasteiger charge is 2.43. The van der Waals surface area contributed by atoms with E-state index in [2.05, 4.69) is 29.4 Å². The summed E-state index contributed by atoms with van der Waals surface area (Å²) < 4.78 is 0. The van der Waals surface area contributed by atoms with Crippen LogP contribution >= 0.6 is 0 Å². The van der Waals surface area contributed by atoms with Crippen LogP contribution in [-0.4, -0.2) is 50.1 Å². The van der Waals surface area contributed by atoms with E-state index in [4.69, 9.17) is 0 Å². The molecule has 0 aliphatic carbocycles. The van der Waals surface area contributed by atoms with Crippen molar-refractivity contribution in [2.45, 2.75) is 33.1 Å². The Morgan fingerprint density at radius 1 is 1.39 bits per heavy atom. The summed E-state index contributed by atoms with van der Waals surface area (Å²) in [5.41, 5.74) is -0.176. The predicted octanol–water partition coefficient (Wildman–Crippen LogP) is 0.834. The van der Waals surface area contributed by atoms with Crippen LogP contribution < -0.4 is 10.6 Å². The van der Waals surface area contributed by atoms with E-state index in [0.717, 1.165) is 32.6 Å². The number of hydrogen-bond acceptors (Lipinski definition) is 3. The smallest absolute Gasteiger partial charge is 0.227 e. The number of amides is 1. The Balaban J connectivity index is 1.78. The summed E-state index contributed by atoms with van der Waals surface area (Å²) >= 11 is 0. The SMILES string of the molecule is CC(C)C1(C(=O)NCCN2CCCC2)CCNC1. The van der Waals surface area contributed by atoms with Gasteiger partial charge in [-0.15, -0.1) is 0 Å². The fourth-order valence-corrected chi connectivity index (χ4v) is 3.17. The second-order valence-electron chi connectivity index (χ2n) is 6.04. The van der Waals surface area contributed by atoms with E-state index < -0.39 is 0 Å². The minimum atomic E-state index is -0.176. The molecule has 4 heteroatoms. The lowest BCUT2D eigenvalue weighted by Crippen LogP contribution is -2.47. The molecule has 1 amide bonds. The summed E-state index contributed by atoms with van der Waals surface area (Å²) in [5, 5.41) is 6.49. The lowest BCUT2D eigenvalue weighted by Gasteiger charge is -2.31. The highest BCUT2D eigenvalue weighted by molar-refractivity contribution is 5.83. The minimum Gasteiger partial charge on any atom is -0.354 e. The van der Waals surface area contributed by atoms with Crippen LogP contribution in [0.3, 0.4) is 0 Å². The van der Waals surface area contributed by atoms with Crippen molar-refractivity contribution in [1.82, 2.24) is 15.5 Å². The molecule has 2 heterocycles. The molecule has 2 aliphatic rings. The van der Waals surface area contributed by atoms with Gasteiger partial charge in [-0.1, -0.05) is 13.8 Å². The molecule has 0 radical (unpaired) electrons. The topological polar surface area (TPSA) is 44.4 Å². The summed E-state index contributed by atoms with van der Waals surface area (Å²) in [7, 11) is 0. The van der Waals surface area contributed by atoms with Gasteiger partial charge >= 0.3 is 0 Å². The fourth-order valence-electron chi connectivity index (χ4n) is 3.17. The molecule has 1 unspecified atom stereocenters. The standard InChI is InChI=1S/C14H27N3O/c1-12(2)14(5-6-15-11-14)13(18)16-7-10-17-8-3-4-9-17/h12,15H,3-11H2,1-2H3,(H,16,18). The lowest BCUT2D eigenvalue weighted by molar-refractivity contribution is -0.132. The molecule has 2 saturated heterocycles. The highest BCUT2D eigenvalue weighted by atomic mass is 16.2. The van der Waals surface area contributed by atoms with Crippen LogP contribution in [0, 0.1) is 11.3 Å². The van der Waals surface area contributed by atoms with E-state index in [-0.39, 0.29) is 11.3 Å². The number of hydrogen-bond donors (Lipinski definition) is 2. The van der Waals surface area contributed by atoms with Gasteiger partial charge in [-0.2, -0.15) is 0 Å². The van der Waals surface area contributed by atoms with Crippen molar-refractivity contribution in [2.75, 3.05) is 39.3 Å². The van der Waals surface area contributed by atoms with Gasteiger partial charge in [0.05, 0.1) is 5.41 Å². The molecule has 0 aromatic heterocycles. The first-order valence-corrected chi connectivity index (χ1v) is 7.36. The van der Waals surface area contributed by atoms with E-state index in [9.17, 15) is 4.79 Å². The molecular weight excluding hydrogens is 226 g/mol. The van der Waals surface area contributed by atoms with Crippen molar-refractivity contribution >= 4 is 5.91 Å². The normalized spacial score (nSPS) is 29.1. The van der Waals surface area contributed by atoms with Crippen molar-refractivity contribution in [3.63, 3.8) is 0 Å². The van der Waals surface area contributed by atoms with Crippen LogP contribution in [0.25, 0.3) is 0 Å². The van der Waals surface area contributed by atoms with Crippen LogP contribution in [0.4, 0.5) is 0 Å². The average Bonchev–Trinajstić information content (AvgIpc) is 3.00. The molecule has 2 fully saturated rings.